The Bertz CT molecular complexity index is 334. The molecule has 0 aromatic rings. The molecule has 0 radical (unpaired) electrons. The summed E-state index contributed by atoms with van der Waals surface area (Å²) in [4.78, 5) is 7.60. The van der Waals surface area contributed by atoms with Crippen LogP contribution in [0.5, 0.6) is 0 Å². The lowest BCUT2D eigenvalue weighted by Gasteiger charge is -2.39. The van der Waals surface area contributed by atoms with E-state index in [1.807, 2.05) is 11.8 Å². The number of aliphatic imine (C=N–C) groups is 1. The van der Waals surface area contributed by atoms with Crippen LogP contribution < -0.4 is 5.32 Å². The molecule has 1 saturated heterocycles. The summed E-state index contributed by atoms with van der Waals surface area (Å²) in [7, 11) is 1.67. The van der Waals surface area contributed by atoms with Crippen molar-refractivity contribution in [2.45, 2.75) is 26.1 Å². The van der Waals surface area contributed by atoms with Crippen LogP contribution in [-0.2, 0) is 4.74 Å². The smallest absolute Gasteiger partial charge is 0.380 e. The number of nitrogens with one attached hydrogen (secondary N) is 1. The molecule has 9 heteroatoms. The van der Waals surface area contributed by atoms with Gasteiger partial charge in [0.05, 0.1) is 6.61 Å². The molecule has 0 aromatic heterocycles. The Labute approximate surface area is 147 Å². The summed E-state index contributed by atoms with van der Waals surface area (Å²) in [5.74, 6) is 0.717. The second-order valence-corrected chi connectivity index (χ2v) is 4.91. The highest BCUT2D eigenvalue weighted by molar-refractivity contribution is 14.0. The monoisotopic (exact) mass is 438 g/mol. The number of nitrogens with zero attached hydrogens (tertiary/aromatic N) is 3. The Kier molecular flexibility index (Phi) is 10.3. The first-order valence-corrected chi connectivity index (χ1v) is 7.24. The van der Waals surface area contributed by atoms with Crippen molar-refractivity contribution < 1.29 is 17.9 Å². The molecule has 1 atom stereocenters. The second-order valence-electron chi connectivity index (χ2n) is 4.91. The minimum Gasteiger partial charge on any atom is -0.380 e. The molecule has 132 valence electrons. The molecule has 1 aliphatic rings. The zero-order chi connectivity index (χ0) is 15.9. The Hall–Kier alpha value is -0.290. The Morgan fingerprint density at radius 1 is 1.27 bits per heavy atom. The predicted octanol–water partition coefficient (Wildman–Crippen LogP) is 1.78. The van der Waals surface area contributed by atoms with E-state index in [-0.39, 0.29) is 24.0 Å². The fourth-order valence-corrected chi connectivity index (χ4v) is 2.24. The van der Waals surface area contributed by atoms with E-state index in [4.69, 9.17) is 4.74 Å². The third-order valence-corrected chi connectivity index (χ3v) is 3.58. The van der Waals surface area contributed by atoms with Crippen molar-refractivity contribution in [3.8, 4) is 0 Å². The van der Waals surface area contributed by atoms with Crippen LogP contribution in [0.3, 0.4) is 0 Å². The number of hydrogen-bond acceptors (Lipinski definition) is 3. The first kappa shape index (κ1) is 21.7. The molecule has 5 nitrogen and oxygen atoms in total. The minimum atomic E-state index is -4.17. The first-order valence-electron chi connectivity index (χ1n) is 7.24. The Balaban J connectivity index is 0.00000441. The van der Waals surface area contributed by atoms with Crippen molar-refractivity contribution in [1.29, 1.82) is 0 Å². The maximum Gasteiger partial charge on any atom is 0.403 e. The second kappa shape index (κ2) is 10.5. The fourth-order valence-electron chi connectivity index (χ4n) is 2.24. The van der Waals surface area contributed by atoms with Crippen molar-refractivity contribution >= 4 is 29.9 Å². The number of ether oxygens (including phenoxy) is 1. The van der Waals surface area contributed by atoms with Crippen molar-refractivity contribution in [2.24, 2.45) is 4.99 Å². The van der Waals surface area contributed by atoms with Gasteiger partial charge in [-0.2, -0.15) is 13.2 Å². The molecule has 1 unspecified atom stereocenters. The highest BCUT2D eigenvalue weighted by Crippen LogP contribution is 2.25. The molecule has 0 saturated carbocycles. The topological polar surface area (TPSA) is 40.1 Å². The van der Waals surface area contributed by atoms with E-state index in [9.17, 15) is 13.2 Å². The summed E-state index contributed by atoms with van der Waals surface area (Å²) in [6.07, 6.45) is -4.17. The standard InChI is InChI=1S/C13H25F3N4O.HI/c1-4-21-10-5-18-12(17-3)20-8-6-19(7-9-20)11(2)13(14,15)16;/h11H,4-10H2,1-3H3,(H,17,18);1H. The number of piperazine rings is 1. The highest BCUT2D eigenvalue weighted by Gasteiger charge is 2.40. The van der Waals surface area contributed by atoms with Crippen LogP contribution in [0.2, 0.25) is 0 Å². The van der Waals surface area contributed by atoms with E-state index in [2.05, 4.69) is 10.3 Å². The summed E-state index contributed by atoms with van der Waals surface area (Å²) < 4.78 is 43.3. The van der Waals surface area contributed by atoms with Crippen LogP contribution in [-0.4, -0.2) is 81.0 Å². The van der Waals surface area contributed by atoms with Crippen LogP contribution >= 0.6 is 24.0 Å². The summed E-state index contributed by atoms with van der Waals surface area (Å²) in [5.41, 5.74) is 0. The van der Waals surface area contributed by atoms with Crippen molar-refractivity contribution in [3.05, 3.63) is 0 Å². The maximum atomic E-state index is 12.7. The predicted molar refractivity (Wildman–Crippen MR) is 91.9 cm³/mol. The fraction of sp³-hybridized carbons (Fsp3) is 0.923. The molecule has 0 bridgehead atoms. The van der Waals surface area contributed by atoms with Crippen molar-refractivity contribution in [1.82, 2.24) is 15.1 Å². The van der Waals surface area contributed by atoms with Gasteiger partial charge in [0, 0.05) is 46.4 Å². The van der Waals surface area contributed by atoms with Gasteiger partial charge in [-0.15, -0.1) is 24.0 Å². The molecule has 1 N–H and O–H groups in total. The van der Waals surface area contributed by atoms with Gasteiger partial charge in [-0.05, 0) is 13.8 Å². The number of guanidine groups is 1. The van der Waals surface area contributed by atoms with Gasteiger partial charge in [0.2, 0.25) is 0 Å². The van der Waals surface area contributed by atoms with E-state index in [0.717, 1.165) is 0 Å². The Morgan fingerprint density at radius 2 is 1.86 bits per heavy atom. The Morgan fingerprint density at radius 3 is 2.32 bits per heavy atom. The number of rotatable bonds is 5. The lowest BCUT2D eigenvalue weighted by atomic mass is 10.2. The maximum absolute atomic E-state index is 12.7. The first-order chi connectivity index (χ1) is 9.90. The molecular formula is C13H26F3IN4O. The van der Waals surface area contributed by atoms with E-state index >= 15 is 0 Å². The molecular weight excluding hydrogens is 412 g/mol. The summed E-state index contributed by atoms with van der Waals surface area (Å²) in [6, 6.07) is -1.40. The summed E-state index contributed by atoms with van der Waals surface area (Å²) >= 11 is 0. The van der Waals surface area contributed by atoms with Crippen LogP contribution in [0.1, 0.15) is 13.8 Å². The van der Waals surface area contributed by atoms with Crippen LogP contribution in [0.25, 0.3) is 0 Å². The van der Waals surface area contributed by atoms with Crippen molar-refractivity contribution in [2.75, 3.05) is 53.0 Å². The molecule has 0 spiro atoms. The van der Waals surface area contributed by atoms with E-state index in [1.165, 1.54) is 11.8 Å². The normalized spacial score (nSPS) is 18.8. The van der Waals surface area contributed by atoms with Gasteiger partial charge in [-0.25, -0.2) is 0 Å². The molecule has 0 amide bonds. The third kappa shape index (κ3) is 6.86. The average molecular weight is 438 g/mol. The van der Waals surface area contributed by atoms with Crippen LogP contribution in [0, 0.1) is 0 Å². The van der Waals surface area contributed by atoms with E-state index < -0.39 is 12.2 Å². The average Bonchev–Trinajstić information content (AvgIpc) is 2.46. The van der Waals surface area contributed by atoms with Gasteiger partial charge >= 0.3 is 6.18 Å². The van der Waals surface area contributed by atoms with Crippen molar-refractivity contribution in [3.63, 3.8) is 0 Å². The zero-order valence-corrected chi connectivity index (χ0v) is 15.6. The molecule has 1 fully saturated rings. The molecule has 1 rings (SSSR count). The number of alkyl halides is 3. The quantitative estimate of drug-likeness (QED) is 0.308. The largest absolute Gasteiger partial charge is 0.403 e. The molecule has 22 heavy (non-hydrogen) atoms. The number of hydrogen-bond donors (Lipinski definition) is 1. The van der Waals surface area contributed by atoms with Gasteiger partial charge in [-0.3, -0.25) is 9.89 Å². The van der Waals surface area contributed by atoms with Gasteiger partial charge < -0.3 is 15.0 Å². The zero-order valence-electron chi connectivity index (χ0n) is 13.3. The lowest BCUT2D eigenvalue weighted by Crippen LogP contribution is -2.57. The van der Waals surface area contributed by atoms with Crippen LogP contribution in [0.4, 0.5) is 13.2 Å². The van der Waals surface area contributed by atoms with Gasteiger partial charge in [-0.1, -0.05) is 0 Å². The minimum absolute atomic E-state index is 0. The summed E-state index contributed by atoms with van der Waals surface area (Å²) in [5, 5.41) is 3.16. The highest BCUT2D eigenvalue weighted by atomic mass is 127. The van der Waals surface area contributed by atoms with Gasteiger partial charge in [0.25, 0.3) is 0 Å². The molecule has 0 aliphatic carbocycles. The summed E-state index contributed by atoms with van der Waals surface area (Å²) in [6.45, 7) is 6.86. The third-order valence-electron chi connectivity index (χ3n) is 3.58. The lowest BCUT2D eigenvalue weighted by molar-refractivity contribution is -0.181. The molecule has 1 heterocycles. The van der Waals surface area contributed by atoms with Gasteiger partial charge in [0.15, 0.2) is 5.96 Å². The number of halogens is 4. The van der Waals surface area contributed by atoms with E-state index in [0.29, 0.717) is 51.9 Å². The van der Waals surface area contributed by atoms with Gasteiger partial charge in [0.1, 0.15) is 6.04 Å². The van der Waals surface area contributed by atoms with Crippen LogP contribution in [0.15, 0.2) is 4.99 Å². The SMILES string of the molecule is CCOCCNC(=NC)N1CCN(C(C)C(F)(F)F)CC1.I. The molecule has 1 aliphatic heterocycles. The molecule has 0 aromatic carbocycles. The van der Waals surface area contributed by atoms with E-state index in [1.54, 1.807) is 7.05 Å².